The second-order valence-corrected chi connectivity index (χ2v) is 8.74. The van der Waals surface area contributed by atoms with E-state index >= 15 is 0 Å². The molecule has 7 heteroatoms. The molecule has 1 atom stereocenters. The van der Waals surface area contributed by atoms with Gasteiger partial charge >= 0.3 is 0 Å². The van der Waals surface area contributed by atoms with E-state index in [1.54, 1.807) is 48.7 Å². The summed E-state index contributed by atoms with van der Waals surface area (Å²) in [5.74, 6) is -0.951. The predicted octanol–water partition coefficient (Wildman–Crippen LogP) is 5.50. The smallest absolute Gasteiger partial charge is 0.247 e. The molecule has 2 amide bonds. The second kappa shape index (κ2) is 12.1. The Hall–Kier alpha value is -4.03. The zero-order chi connectivity index (χ0) is 25.3. The van der Waals surface area contributed by atoms with E-state index in [0.29, 0.717) is 21.8 Å². The number of carbonyl (C=O) groups is 2. The van der Waals surface area contributed by atoms with Crippen LogP contribution in [-0.4, -0.2) is 21.7 Å². The molecule has 1 N–H and O–H groups in total. The molecule has 4 rings (SSSR count). The highest BCUT2D eigenvalue weighted by atomic mass is 35.5. The van der Waals surface area contributed by atoms with Crippen LogP contribution < -0.4 is 5.32 Å². The topological polar surface area (TPSA) is 62.3 Å². The first-order chi connectivity index (χ1) is 17.5. The maximum absolute atomic E-state index is 13.7. The summed E-state index contributed by atoms with van der Waals surface area (Å²) in [6, 6.07) is 26.7. The van der Waals surface area contributed by atoms with Crippen LogP contribution in [0, 0.1) is 5.82 Å². The van der Waals surface area contributed by atoms with Crippen LogP contribution in [0.1, 0.15) is 28.4 Å². The minimum atomic E-state index is -0.903. The van der Waals surface area contributed by atoms with Gasteiger partial charge < -0.3 is 10.2 Å². The van der Waals surface area contributed by atoms with E-state index in [4.69, 9.17) is 11.6 Å². The molecule has 0 spiro atoms. The minimum absolute atomic E-state index is 0.0786. The fraction of sp³-hybridized carbons (Fsp3) is 0.138. The Balaban J connectivity index is 1.67. The summed E-state index contributed by atoms with van der Waals surface area (Å²) in [5, 5.41) is 3.50. The minimum Gasteiger partial charge on any atom is -0.348 e. The van der Waals surface area contributed by atoms with Crippen LogP contribution in [0.5, 0.6) is 0 Å². The molecule has 0 saturated carbocycles. The predicted molar refractivity (Wildman–Crippen MR) is 137 cm³/mol. The van der Waals surface area contributed by atoms with Crippen molar-refractivity contribution in [3.8, 4) is 0 Å². The lowest BCUT2D eigenvalue weighted by atomic mass is 10.0. The fourth-order valence-electron chi connectivity index (χ4n) is 3.87. The number of benzene rings is 3. The molecule has 36 heavy (non-hydrogen) atoms. The zero-order valence-electron chi connectivity index (χ0n) is 19.5. The lowest BCUT2D eigenvalue weighted by molar-refractivity contribution is -0.141. The zero-order valence-corrected chi connectivity index (χ0v) is 20.2. The Morgan fingerprint density at radius 1 is 0.861 bits per heavy atom. The third kappa shape index (κ3) is 6.77. The summed E-state index contributed by atoms with van der Waals surface area (Å²) < 4.78 is 13.6. The third-order valence-corrected chi connectivity index (χ3v) is 5.95. The summed E-state index contributed by atoms with van der Waals surface area (Å²) in [7, 11) is 0. The molecule has 5 nitrogen and oxygen atoms in total. The highest BCUT2D eigenvalue weighted by Crippen LogP contribution is 2.25. The lowest BCUT2D eigenvalue weighted by Crippen LogP contribution is -2.44. The van der Waals surface area contributed by atoms with Crippen LogP contribution in [0.3, 0.4) is 0 Å². The van der Waals surface area contributed by atoms with Crippen molar-refractivity contribution in [2.45, 2.75) is 25.6 Å². The standard InChI is InChI=1S/C29H25ClFN3O2/c30-24-13-9-21(10-14-24)18-27(35)34(20-22-11-15-25(31)16-12-22)28(23-6-2-1-3-7-23)29(36)33-19-26-8-4-5-17-32-26/h1-17,28H,18-20H2,(H,33,36). The highest BCUT2D eigenvalue weighted by molar-refractivity contribution is 6.30. The average Bonchev–Trinajstić information content (AvgIpc) is 2.91. The van der Waals surface area contributed by atoms with Crippen LogP contribution in [0.4, 0.5) is 4.39 Å². The third-order valence-electron chi connectivity index (χ3n) is 5.70. The van der Waals surface area contributed by atoms with Crippen LogP contribution in [0.2, 0.25) is 5.02 Å². The van der Waals surface area contributed by atoms with E-state index in [0.717, 1.165) is 5.56 Å². The first-order valence-corrected chi connectivity index (χ1v) is 11.9. The molecule has 0 aliphatic heterocycles. The van der Waals surface area contributed by atoms with E-state index in [9.17, 15) is 14.0 Å². The molecule has 1 unspecified atom stereocenters. The number of pyridine rings is 1. The van der Waals surface area contributed by atoms with Gasteiger partial charge in [-0.15, -0.1) is 0 Å². The summed E-state index contributed by atoms with van der Waals surface area (Å²) in [6.45, 7) is 0.349. The van der Waals surface area contributed by atoms with E-state index < -0.39 is 6.04 Å². The van der Waals surface area contributed by atoms with E-state index in [1.165, 1.54) is 17.0 Å². The molecule has 1 heterocycles. The number of rotatable bonds is 9. The van der Waals surface area contributed by atoms with E-state index in [1.807, 2.05) is 42.5 Å². The molecule has 0 radical (unpaired) electrons. The van der Waals surface area contributed by atoms with Crippen molar-refractivity contribution in [2.75, 3.05) is 0 Å². The highest BCUT2D eigenvalue weighted by Gasteiger charge is 2.31. The fourth-order valence-corrected chi connectivity index (χ4v) is 4.00. The number of carbonyl (C=O) groups excluding carboxylic acids is 2. The quantitative estimate of drug-likeness (QED) is 0.329. The summed E-state index contributed by atoms with van der Waals surface area (Å²) in [4.78, 5) is 33.1. The molecule has 4 aromatic rings. The maximum atomic E-state index is 13.7. The molecule has 0 bridgehead atoms. The number of halogens is 2. The molecule has 0 aliphatic carbocycles. The van der Waals surface area contributed by atoms with Crippen molar-refractivity contribution in [2.24, 2.45) is 0 Å². The normalized spacial score (nSPS) is 11.5. The molecule has 3 aromatic carbocycles. The van der Waals surface area contributed by atoms with Crippen molar-refractivity contribution in [1.82, 2.24) is 15.2 Å². The second-order valence-electron chi connectivity index (χ2n) is 8.30. The molecule has 0 saturated heterocycles. The SMILES string of the molecule is O=C(NCc1ccccn1)C(c1ccccc1)N(Cc1ccc(F)cc1)C(=O)Cc1ccc(Cl)cc1. The number of amides is 2. The number of nitrogens with one attached hydrogen (secondary N) is 1. The van der Waals surface area contributed by atoms with Gasteiger partial charge in [0.25, 0.3) is 0 Å². The number of nitrogens with zero attached hydrogens (tertiary/aromatic N) is 2. The van der Waals surface area contributed by atoms with Gasteiger partial charge in [-0.3, -0.25) is 14.6 Å². The van der Waals surface area contributed by atoms with Crippen LogP contribution in [0.25, 0.3) is 0 Å². The molecule has 0 fully saturated rings. The first kappa shape index (κ1) is 25.1. The Morgan fingerprint density at radius 2 is 1.53 bits per heavy atom. The number of aromatic nitrogens is 1. The van der Waals surface area contributed by atoms with Crippen LogP contribution in [-0.2, 0) is 29.1 Å². The largest absolute Gasteiger partial charge is 0.348 e. The van der Waals surface area contributed by atoms with Gasteiger partial charge in [0.15, 0.2) is 0 Å². The van der Waals surface area contributed by atoms with Gasteiger partial charge in [0, 0.05) is 17.8 Å². The van der Waals surface area contributed by atoms with Gasteiger partial charge in [0.1, 0.15) is 11.9 Å². The molecule has 1 aromatic heterocycles. The van der Waals surface area contributed by atoms with Gasteiger partial charge in [-0.1, -0.05) is 72.3 Å². The lowest BCUT2D eigenvalue weighted by Gasteiger charge is -2.32. The van der Waals surface area contributed by atoms with Gasteiger partial charge in [0.2, 0.25) is 11.8 Å². The average molecular weight is 502 g/mol. The van der Waals surface area contributed by atoms with E-state index in [-0.39, 0.29) is 37.1 Å². The first-order valence-electron chi connectivity index (χ1n) is 11.5. The number of hydrogen-bond acceptors (Lipinski definition) is 3. The maximum Gasteiger partial charge on any atom is 0.247 e. The summed E-state index contributed by atoms with van der Waals surface area (Å²) in [5.41, 5.74) is 2.85. The molecule has 0 aliphatic rings. The van der Waals surface area contributed by atoms with Gasteiger partial charge in [-0.2, -0.15) is 0 Å². The van der Waals surface area contributed by atoms with Crippen LogP contribution >= 0.6 is 11.6 Å². The Kier molecular flexibility index (Phi) is 8.42. The van der Waals surface area contributed by atoms with Crippen molar-refractivity contribution in [1.29, 1.82) is 0 Å². The van der Waals surface area contributed by atoms with Gasteiger partial charge in [0.05, 0.1) is 18.7 Å². The van der Waals surface area contributed by atoms with Gasteiger partial charge in [-0.25, -0.2) is 4.39 Å². The van der Waals surface area contributed by atoms with Crippen LogP contribution in [0.15, 0.2) is 103 Å². The van der Waals surface area contributed by atoms with Crippen molar-refractivity contribution >= 4 is 23.4 Å². The summed E-state index contributed by atoms with van der Waals surface area (Å²) in [6.07, 6.45) is 1.74. The van der Waals surface area contributed by atoms with Crippen molar-refractivity contribution < 1.29 is 14.0 Å². The molecule has 182 valence electrons. The number of hydrogen-bond donors (Lipinski definition) is 1. The van der Waals surface area contributed by atoms with Crippen molar-refractivity contribution in [3.63, 3.8) is 0 Å². The molecular formula is C29H25ClFN3O2. The Morgan fingerprint density at radius 3 is 2.19 bits per heavy atom. The monoisotopic (exact) mass is 501 g/mol. The van der Waals surface area contributed by atoms with E-state index in [2.05, 4.69) is 10.3 Å². The Labute approximate surface area is 214 Å². The molecular weight excluding hydrogens is 477 g/mol. The summed E-state index contributed by atoms with van der Waals surface area (Å²) >= 11 is 6.00. The Bertz CT molecular complexity index is 1280. The van der Waals surface area contributed by atoms with Crippen molar-refractivity contribution in [3.05, 3.63) is 136 Å². The van der Waals surface area contributed by atoms with Gasteiger partial charge in [-0.05, 0) is 53.1 Å².